The first-order valence-corrected chi connectivity index (χ1v) is 4.64. The van der Waals surface area contributed by atoms with Crippen molar-refractivity contribution in [2.45, 2.75) is 12.8 Å². The first-order chi connectivity index (χ1) is 6.85. The number of aryl methyl sites for hydroxylation is 1. The zero-order valence-corrected chi connectivity index (χ0v) is 9.25. The molecule has 15 heavy (non-hydrogen) atoms. The third kappa shape index (κ3) is 2.22. The number of rotatable bonds is 2. The van der Waals surface area contributed by atoms with Crippen LogP contribution >= 0.6 is 0 Å². The number of H-pyrrole nitrogens is 1. The Kier molecular flexibility index (Phi) is 3.95. The SMILES string of the molecule is [CH2-]CCc1c[nH]c2ccc(C#N)cc12.[Co]. The van der Waals surface area contributed by atoms with E-state index in [9.17, 15) is 0 Å². The first kappa shape index (κ1) is 11.8. The molecule has 79 valence electrons. The van der Waals surface area contributed by atoms with Crippen LogP contribution in [-0.4, -0.2) is 4.98 Å². The number of nitrogens with one attached hydrogen (secondary N) is 1. The van der Waals surface area contributed by atoms with Crippen LogP contribution < -0.4 is 0 Å². The summed E-state index contributed by atoms with van der Waals surface area (Å²) in [5.74, 6) is 0. The van der Waals surface area contributed by atoms with Crippen LogP contribution in [0.4, 0.5) is 0 Å². The predicted octanol–water partition coefficient (Wildman–Crippen LogP) is 2.80. The minimum absolute atomic E-state index is 0. The van der Waals surface area contributed by atoms with E-state index in [0.29, 0.717) is 5.56 Å². The average molecular weight is 242 g/mol. The summed E-state index contributed by atoms with van der Waals surface area (Å²) in [6.07, 6.45) is 3.83. The van der Waals surface area contributed by atoms with Crippen molar-refractivity contribution in [1.29, 1.82) is 5.26 Å². The maximum atomic E-state index is 8.78. The Bertz CT molecular complexity index is 494. The molecular weight excluding hydrogens is 231 g/mol. The molecule has 2 aromatic rings. The maximum absolute atomic E-state index is 8.78. The molecule has 0 atom stereocenters. The van der Waals surface area contributed by atoms with E-state index in [1.54, 1.807) is 0 Å². The van der Waals surface area contributed by atoms with Crippen LogP contribution in [0.5, 0.6) is 0 Å². The van der Waals surface area contributed by atoms with Crippen molar-refractivity contribution in [3.63, 3.8) is 0 Å². The topological polar surface area (TPSA) is 39.6 Å². The second-order valence-electron chi connectivity index (χ2n) is 3.29. The second kappa shape index (κ2) is 5.01. The number of fused-ring (bicyclic) bond motifs is 1. The van der Waals surface area contributed by atoms with Gasteiger partial charge < -0.3 is 11.9 Å². The summed E-state index contributed by atoms with van der Waals surface area (Å²) in [6.45, 7) is 3.83. The van der Waals surface area contributed by atoms with Gasteiger partial charge in [0.25, 0.3) is 0 Å². The minimum Gasteiger partial charge on any atom is -0.361 e. The van der Waals surface area contributed by atoms with E-state index < -0.39 is 0 Å². The van der Waals surface area contributed by atoms with Crippen LogP contribution in [0, 0.1) is 18.3 Å². The van der Waals surface area contributed by atoms with Gasteiger partial charge in [0.05, 0.1) is 11.6 Å². The number of aromatic amines is 1. The molecule has 0 amide bonds. The first-order valence-electron chi connectivity index (χ1n) is 4.64. The summed E-state index contributed by atoms with van der Waals surface area (Å²) < 4.78 is 0. The molecule has 0 saturated heterocycles. The van der Waals surface area contributed by atoms with Crippen LogP contribution in [0.15, 0.2) is 24.4 Å². The van der Waals surface area contributed by atoms with E-state index in [4.69, 9.17) is 5.26 Å². The second-order valence-corrected chi connectivity index (χ2v) is 3.29. The molecule has 1 radical (unpaired) electrons. The van der Waals surface area contributed by atoms with Crippen LogP contribution in [0.25, 0.3) is 10.9 Å². The van der Waals surface area contributed by atoms with Crippen molar-refractivity contribution in [2.75, 3.05) is 0 Å². The standard InChI is InChI=1S/C12H11N2.Co/c1-2-3-10-8-14-12-5-4-9(7-13)6-11(10)12;/h4-6,8,14H,1-3H2;/q-1;. The molecule has 0 spiro atoms. The molecule has 0 aliphatic carbocycles. The van der Waals surface area contributed by atoms with Gasteiger partial charge in [0.1, 0.15) is 0 Å². The van der Waals surface area contributed by atoms with Crippen LogP contribution in [0.1, 0.15) is 17.5 Å². The number of benzene rings is 1. The van der Waals surface area contributed by atoms with Crippen LogP contribution in [0.2, 0.25) is 0 Å². The molecule has 2 nitrogen and oxygen atoms in total. The molecular formula is C12H11CoN2-. The van der Waals surface area contributed by atoms with Gasteiger partial charge >= 0.3 is 0 Å². The molecule has 3 heteroatoms. The zero-order chi connectivity index (χ0) is 9.97. The fraction of sp³-hybridized carbons (Fsp3) is 0.167. The number of aromatic nitrogens is 1. The number of hydrogen-bond acceptors (Lipinski definition) is 1. The number of nitrogens with zero attached hydrogens (tertiary/aromatic N) is 1. The molecule has 1 N–H and O–H groups in total. The molecule has 1 aromatic heterocycles. The Morgan fingerprint density at radius 3 is 2.87 bits per heavy atom. The van der Waals surface area contributed by atoms with E-state index in [2.05, 4.69) is 18.0 Å². The van der Waals surface area contributed by atoms with Gasteiger partial charge in [-0.25, -0.2) is 0 Å². The third-order valence-electron chi connectivity index (χ3n) is 2.34. The summed E-state index contributed by atoms with van der Waals surface area (Å²) in [5, 5.41) is 9.93. The molecule has 0 aliphatic rings. The molecule has 1 aromatic carbocycles. The van der Waals surface area contributed by atoms with Gasteiger partial charge in [0, 0.05) is 33.9 Å². The molecule has 0 unspecified atom stereocenters. The molecule has 1 heterocycles. The Labute approximate surface area is 99.5 Å². The number of hydrogen-bond donors (Lipinski definition) is 1. The van der Waals surface area contributed by atoms with Gasteiger partial charge in [-0.2, -0.15) is 11.7 Å². The van der Waals surface area contributed by atoms with Crippen molar-refractivity contribution in [3.05, 3.63) is 42.4 Å². The Hall–Kier alpha value is -1.24. The quantitative estimate of drug-likeness (QED) is 0.808. The molecule has 0 bridgehead atoms. The fourth-order valence-corrected chi connectivity index (χ4v) is 1.65. The smallest absolute Gasteiger partial charge is 0.0991 e. The summed E-state index contributed by atoms with van der Waals surface area (Å²) in [7, 11) is 0. The normalized spacial score (nSPS) is 9.60. The maximum Gasteiger partial charge on any atom is 0.0991 e. The minimum atomic E-state index is 0. The van der Waals surface area contributed by atoms with Gasteiger partial charge in [-0.15, -0.1) is 0 Å². The fourth-order valence-electron chi connectivity index (χ4n) is 1.65. The molecule has 2 rings (SSSR count). The molecule has 0 saturated carbocycles. The van der Waals surface area contributed by atoms with Gasteiger partial charge in [0.15, 0.2) is 0 Å². The van der Waals surface area contributed by atoms with Crippen molar-refractivity contribution >= 4 is 10.9 Å². The summed E-state index contributed by atoms with van der Waals surface area (Å²) in [6, 6.07) is 7.85. The van der Waals surface area contributed by atoms with Crippen LogP contribution in [0.3, 0.4) is 0 Å². The third-order valence-corrected chi connectivity index (χ3v) is 2.34. The zero-order valence-electron chi connectivity index (χ0n) is 8.21. The van der Waals surface area contributed by atoms with E-state index in [1.807, 2.05) is 24.4 Å². The molecule has 0 aliphatic heterocycles. The predicted molar refractivity (Wildman–Crippen MR) is 56.7 cm³/mol. The molecule has 0 fully saturated rings. The van der Waals surface area contributed by atoms with Gasteiger partial charge in [-0.3, -0.25) is 0 Å². The van der Waals surface area contributed by atoms with E-state index in [0.717, 1.165) is 23.7 Å². The van der Waals surface area contributed by atoms with Gasteiger partial charge in [0.2, 0.25) is 0 Å². The van der Waals surface area contributed by atoms with E-state index in [-0.39, 0.29) is 16.8 Å². The summed E-state index contributed by atoms with van der Waals surface area (Å²) >= 11 is 0. The van der Waals surface area contributed by atoms with Crippen molar-refractivity contribution in [2.24, 2.45) is 0 Å². The van der Waals surface area contributed by atoms with Crippen molar-refractivity contribution in [1.82, 2.24) is 4.98 Å². The van der Waals surface area contributed by atoms with Crippen molar-refractivity contribution in [3.8, 4) is 6.07 Å². The van der Waals surface area contributed by atoms with E-state index in [1.165, 1.54) is 5.56 Å². The Balaban J connectivity index is 0.00000112. The Morgan fingerprint density at radius 2 is 2.20 bits per heavy atom. The van der Waals surface area contributed by atoms with Gasteiger partial charge in [-0.1, -0.05) is 6.42 Å². The Morgan fingerprint density at radius 1 is 1.40 bits per heavy atom. The summed E-state index contributed by atoms with van der Waals surface area (Å²) in [5.41, 5.74) is 3.04. The van der Waals surface area contributed by atoms with E-state index >= 15 is 0 Å². The average Bonchev–Trinajstić information content (AvgIpc) is 2.61. The monoisotopic (exact) mass is 242 g/mol. The summed E-state index contributed by atoms with van der Waals surface area (Å²) in [4.78, 5) is 3.19. The largest absolute Gasteiger partial charge is 0.361 e. The van der Waals surface area contributed by atoms with Gasteiger partial charge in [-0.05, 0) is 23.8 Å². The van der Waals surface area contributed by atoms with Crippen molar-refractivity contribution < 1.29 is 16.8 Å². The number of nitriles is 1. The van der Waals surface area contributed by atoms with Crippen LogP contribution in [-0.2, 0) is 23.2 Å².